The van der Waals surface area contributed by atoms with Crippen LogP contribution in [-0.2, 0) is 11.8 Å². The van der Waals surface area contributed by atoms with Gasteiger partial charge in [0.1, 0.15) is 0 Å². The van der Waals surface area contributed by atoms with E-state index in [1.54, 1.807) is 0 Å². The lowest BCUT2D eigenvalue weighted by Gasteiger charge is -2.29. The van der Waals surface area contributed by atoms with Crippen LogP contribution in [0.3, 0.4) is 0 Å². The fourth-order valence-corrected chi connectivity index (χ4v) is 6.47. The van der Waals surface area contributed by atoms with Crippen molar-refractivity contribution < 1.29 is 0 Å². The van der Waals surface area contributed by atoms with E-state index in [2.05, 4.69) is 79.4 Å². The van der Waals surface area contributed by atoms with E-state index in [4.69, 9.17) is 11.8 Å². The molecule has 0 atom stereocenters. The molecule has 20 heavy (non-hydrogen) atoms. The Bertz CT molecular complexity index is 521. The largest absolute Gasteiger partial charge is 0.298 e. The highest BCUT2D eigenvalue weighted by Gasteiger charge is 2.23. The molecular formula is C17H22NPS. The molecule has 106 valence electrons. The number of hydrogen-bond donors (Lipinski definition) is 0. The van der Waals surface area contributed by atoms with Gasteiger partial charge in [-0.05, 0) is 23.7 Å². The summed E-state index contributed by atoms with van der Waals surface area (Å²) in [5.74, 6) is 0. The van der Waals surface area contributed by atoms with Gasteiger partial charge in [0, 0.05) is 12.3 Å². The maximum atomic E-state index is 6.21. The Morgan fingerprint density at radius 3 is 1.55 bits per heavy atom. The Morgan fingerprint density at radius 2 is 1.20 bits per heavy atom. The molecule has 0 aliphatic rings. The summed E-state index contributed by atoms with van der Waals surface area (Å²) in [6, 6.07) is 19.5. The molecule has 3 heteroatoms. The third kappa shape index (κ3) is 3.38. The van der Waals surface area contributed by atoms with Crippen molar-refractivity contribution in [3.63, 3.8) is 0 Å². The van der Waals surface area contributed by atoms with Gasteiger partial charge in [-0.15, -0.1) is 0 Å². The van der Waals surface area contributed by atoms with E-state index in [9.17, 15) is 0 Å². The third-order valence-corrected chi connectivity index (χ3v) is 8.31. The predicted octanol–water partition coefficient (Wildman–Crippen LogP) is 3.42. The van der Waals surface area contributed by atoms with Gasteiger partial charge in [-0.1, -0.05) is 86.3 Å². The highest BCUT2D eigenvalue weighted by atomic mass is 32.4. The zero-order valence-electron chi connectivity index (χ0n) is 12.2. The smallest absolute Gasteiger partial charge is 0.0351 e. The lowest BCUT2D eigenvalue weighted by atomic mass is 10.4. The second-order valence-corrected chi connectivity index (χ2v) is 9.52. The Morgan fingerprint density at radius 1 is 0.800 bits per heavy atom. The molecule has 0 saturated carbocycles. The molecule has 2 aromatic rings. The number of rotatable bonds is 6. The molecule has 0 heterocycles. The van der Waals surface area contributed by atoms with Gasteiger partial charge in [0.2, 0.25) is 0 Å². The monoisotopic (exact) mass is 303 g/mol. The minimum Gasteiger partial charge on any atom is -0.298 e. The van der Waals surface area contributed by atoms with Gasteiger partial charge in [-0.25, -0.2) is 0 Å². The van der Waals surface area contributed by atoms with Crippen molar-refractivity contribution in [2.24, 2.45) is 0 Å². The molecule has 2 aromatic carbocycles. The van der Waals surface area contributed by atoms with Gasteiger partial charge in [-0.3, -0.25) is 4.90 Å². The van der Waals surface area contributed by atoms with E-state index in [0.29, 0.717) is 0 Å². The predicted molar refractivity (Wildman–Crippen MR) is 94.2 cm³/mol. The SMILES string of the molecule is CCN(CC)CP(=S)(c1ccccc1)c1ccccc1. The first-order chi connectivity index (χ1) is 9.70. The van der Waals surface area contributed by atoms with E-state index in [-0.39, 0.29) is 0 Å². The number of benzene rings is 2. The molecule has 0 N–H and O–H groups in total. The average molecular weight is 303 g/mol. The van der Waals surface area contributed by atoms with Crippen LogP contribution in [0.15, 0.2) is 60.7 Å². The second kappa shape index (κ2) is 7.17. The molecule has 2 rings (SSSR count). The van der Waals surface area contributed by atoms with Gasteiger partial charge >= 0.3 is 0 Å². The molecular weight excluding hydrogens is 281 g/mol. The molecule has 0 aliphatic heterocycles. The van der Waals surface area contributed by atoms with E-state index >= 15 is 0 Å². The Labute approximate surface area is 127 Å². The fourth-order valence-electron chi connectivity index (χ4n) is 2.36. The molecule has 0 radical (unpaired) electrons. The minimum absolute atomic E-state index is 0.976. The van der Waals surface area contributed by atoms with Gasteiger partial charge in [0.25, 0.3) is 0 Å². The highest BCUT2D eigenvalue weighted by molar-refractivity contribution is 8.21. The Balaban J connectivity index is 2.47. The summed E-state index contributed by atoms with van der Waals surface area (Å²) in [5.41, 5.74) is 0. The molecule has 0 aliphatic carbocycles. The van der Waals surface area contributed by atoms with Crippen LogP contribution in [0.4, 0.5) is 0 Å². The quantitative estimate of drug-likeness (QED) is 0.752. The zero-order valence-corrected chi connectivity index (χ0v) is 13.9. The van der Waals surface area contributed by atoms with Gasteiger partial charge in [0.05, 0.1) is 0 Å². The van der Waals surface area contributed by atoms with Crippen LogP contribution in [0.2, 0.25) is 0 Å². The summed E-state index contributed by atoms with van der Waals surface area (Å²) >= 11 is 6.21. The van der Waals surface area contributed by atoms with Crippen LogP contribution in [-0.4, -0.2) is 24.3 Å². The summed E-state index contributed by atoms with van der Waals surface area (Å²) in [6.45, 7) is 6.52. The molecule has 0 fully saturated rings. The lowest BCUT2D eigenvalue weighted by molar-refractivity contribution is 0.356. The van der Waals surface area contributed by atoms with Crippen LogP contribution in [0, 0.1) is 0 Å². The van der Waals surface area contributed by atoms with Crippen LogP contribution in [0.25, 0.3) is 0 Å². The fraction of sp³-hybridized carbons (Fsp3) is 0.294. The first-order valence-corrected chi connectivity index (χ1v) is 10.1. The van der Waals surface area contributed by atoms with Crippen molar-refractivity contribution in [1.82, 2.24) is 4.90 Å². The summed E-state index contributed by atoms with van der Waals surface area (Å²) < 4.78 is 0. The molecule has 0 bridgehead atoms. The first-order valence-electron chi connectivity index (χ1n) is 7.13. The highest BCUT2D eigenvalue weighted by Crippen LogP contribution is 2.44. The lowest BCUT2D eigenvalue weighted by Crippen LogP contribution is -2.30. The summed E-state index contributed by atoms with van der Waals surface area (Å²) in [7, 11) is 0. The molecule has 0 saturated heterocycles. The van der Waals surface area contributed by atoms with Gasteiger partial charge in [-0.2, -0.15) is 0 Å². The maximum Gasteiger partial charge on any atom is 0.0351 e. The van der Waals surface area contributed by atoms with Crippen LogP contribution in [0.1, 0.15) is 13.8 Å². The Kier molecular flexibility index (Phi) is 5.54. The molecule has 0 amide bonds. The molecule has 0 unspecified atom stereocenters. The standard InChI is InChI=1S/C17H22NPS/c1-3-18(4-2)15-19(20,16-11-7-5-8-12-16)17-13-9-6-10-14-17/h5-14H,3-4,15H2,1-2H3. The number of nitrogens with zero attached hydrogens (tertiary/aromatic N) is 1. The summed E-state index contributed by atoms with van der Waals surface area (Å²) in [6.07, 6.45) is 0.976. The third-order valence-electron chi connectivity index (χ3n) is 3.64. The summed E-state index contributed by atoms with van der Waals surface area (Å²) in [4.78, 5) is 2.45. The van der Waals surface area contributed by atoms with Crippen molar-refractivity contribution in [2.45, 2.75) is 13.8 Å². The minimum atomic E-state index is -1.75. The van der Waals surface area contributed by atoms with Gasteiger partial charge < -0.3 is 0 Å². The topological polar surface area (TPSA) is 3.24 Å². The Hall–Kier alpha value is -0.950. The van der Waals surface area contributed by atoms with Crippen LogP contribution >= 0.6 is 6.04 Å². The van der Waals surface area contributed by atoms with Crippen molar-refractivity contribution >= 4 is 28.5 Å². The van der Waals surface area contributed by atoms with E-state index in [1.807, 2.05) is 0 Å². The van der Waals surface area contributed by atoms with E-state index < -0.39 is 6.04 Å². The molecule has 0 spiro atoms. The van der Waals surface area contributed by atoms with Gasteiger partial charge in [0.15, 0.2) is 0 Å². The van der Waals surface area contributed by atoms with Crippen molar-refractivity contribution in [3.05, 3.63) is 60.7 Å². The first kappa shape index (κ1) is 15.4. The van der Waals surface area contributed by atoms with E-state index in [1.165, 1.54) is 10.6 Å². The maximum absolute atomic E-state index is 6.21. The normalized spacial score (nSPS) is 11.8. The van der Waals surface area contributed by atoms with E-state index in [0.717, 1.165) is 19.4 Å². The zero-order chi connectivity index (χ0) is 14.4. The second-order valence-electron chi connectivity index (χ2n) is 4.86. The van der Waals surface area contributed by atoms with Crippen molar-refractivity contribution in [2.75, 3.05) is 19.4 Å². The average Bonchev–Trinajstić information content (AvgIpc) is 2.54. The molecule has 0 aromatic heterocycles. The summed E-state index contributed by atoms with van der Waals surface area (Å²) in [5, 5.41) is 2.63. The van der Waals surface area contributed by atoms with Crippen LogP contribution < -0.4 is 10.6 Å². The number of hydrogen-bond acceptors (Lipinski definition) is 2. The van der Waals surface area contributed by atoms with Crippen LogP contribution in [0.5, 0.6) is 0 Å². The van der Waals surface area contributed by atoms with Crippen molar-refractivity contribution in [3.8, 4) is 0 Å². The van der Waals surface area contributed by atoms with Crippen molar-refractivity contribution in [1.29, 1.82) is 0 Å². The molecule has 1 nitrogen and oxygen atoms in total.